The molecule has 0 heterocycles. The maximum Gasteiger partial charge on any atom is 0.261 e. The SMILES string of the molecule is Cc1cc(S(=O)(=O)NC(CC(C)(C)C)C(=O)NO)ccc1F. The summed E-state index contributed by atoms with van der Waals surface area (Å²) in [5.74, 6) is -1.37. The smallest absolute Gasteiger partial charge is 0.261 e. The van der Waals surface area contributed by atoms with Gasteiger partial charge in [-0.05, 0) is 42.5 Å². The van der Waals surface area contributed by atoms with Crippen LogP contribution in [0.5, 0.6) is 0 Å². The Hall–Kier alpha value is -1.51. The van der Waals surface area contributed by atoms with E-state index in [1.165, 1.54) is 18.5 Å². The number of rotatable bonds is 5. The van der Waals surface area contributed by atoms with E-state index in [1.807, 2.05) is 20.8 Å². The van der Waals surface area contributed by atoms with Crippen molar-refractivity contribution in [3.63, 3.8) is 0 Å². The minimum absolute atomic E-state index is 0.143. The monoisotopic (exact) mass is 332 g/mol. The Balaban J connectivity index is 3.09. The molecule has 1 amide bonds. The van der Waals surface area contributed by atoms with Crippen molar-refractivity contribution in [2.24, 2.45) is 5.41 Å². The molecule has 6 nitrogen and oxygen atoms in total. The summed E-state index contributed by atoms with van der Waals surface area (Å²) in [7, 11) is -4.01. The van der Waals surface area contributed by atoms with E-state index in [1.54, 1.807) is 0 Å². The van der Waals surface area contributed by atoms with E-state index in [4.69, 9.17) is 5.21 Å². The molecule has 1 atom stereocenters. The minimum atomic E-state index is -4.01. The second-order valence-electron chi connectivity index (χ2n) is 6.33. The van der Waals surface area contributed by atoms with Crippen LogP contribution in [0.2, 0.25) is 0 Å². The van der Waals surface area contributed by atoms with Crippen molar-refractivity contribution in [2.45, 2.75) is 45.1 Å². The van der Waals surface area contributed by atoms with E-state index in [0.717, 1.165) is 12.1 Å². The maximum atomic E-state index is 13.2. The molecule has 1 rings (SSSR count). The van der Waals surface area contributed by atoms with Gasteiger partial charge in [0.25, 0.3) is 5.91 Å². The molecule has 0 saturated carbocycles. The molecule has 1 aromatic carbocycles. The maximum absolute atomic E-state index is 13.2. The lowest BCUT2D eigenvalue weighted by Gasteiger charge is -2.25. The first-order valence-electron chi connectivity index (χ1n) is 6.69. The third-order valence-corrected chi connectivity index (χ3v) is 4.45. The van der Waals surface area contributed by atoms with E-state index in [0.29, 0.717) is 0 Å². The number of carbonyl (C=O) groups is 1. The van der Waals surface area contributed by atoms with Crippen LogP contribution < -0.4 is 10.2 Å². The Morgan fingerprint density at radius 1 is 1.36 bits per heavy atom. The van der Waals surface area contributed by atoms with Crippen molar-refractivity contribution in [3.8, 4) is 0 Å². The summed E-state index contributed by atoms with van der Waals surface area (Å²) in [6, 6.07) is 2.22. The molecule has 3 N–H and O–H groups in total. The fraction of sp³-hybridized carbons (Fsp3) is 0.500. The highest BCUT2D eigenvalue weighted by Crippen LogP contribution is 2.22. The first kappa shape index (κ1) is 18.5. The van der Waals surface area contributed by atoms with E-state index in [2.05, 4.69) is 4.72 Å². The number of benzene rings is 1. The van der Waals surface area contributed by atoms with Gasteiger partial charge in [-0.15, -0.1) is 0 Å². The number of aryl methyl sites for hydroxylation is 1. The van der Waals surface area contributed by atoms with Crippen molar-refractivity contribution >= 4 is 15.9 Å². The molecule has 8 heteroatoms. The molecule has 0 aromatic heterocycles. The van der Waals surface area contributed by atoms with E-state index >= 15 is 0 Å². The highest BCUT2D eigenvalue weighted by atomic mass is 32.2. The second kappa shape index (κ2) is 6.72. The average molecular weight is 332 g/mol. The van der Waals surface area contributed by atoms with Crippen LogP contribution in [0.3, 0.4) is 0 Å². The Labute approximate surface area is 129 Å². The van der Waals surface area contributed by atoms with Crippen molar-refractivity contribution in [1.82, 2.24) is 10.2 Å². The third-order valence-electron chi connectivity index (χ3n) is 2.98. The number of sulfonamides is 1. The normalized spacial score (nSPS) is 13.7. The van der Waals surface area contributed by atoms with Crippen molar-refractivity contribution < 1.29 is 22.8 Å². The number of hydrogen-bond donors (Lipinski definition) is 3. The van der Waals surface area contributed by atoms with Gasteiger partial charge in [0.05, 0.1) is 4.90 Å². The molecule has 0 aliphatic rings. The molecule has 0 aliphatic heterocycles. The molecule has 0 bridgehead atoms. The number of nitrogens with one attached hydrogen (secondary N) is 2. The van der Waals surface area contributed by atoms with Crippen molar-refractivity contribution in [3.05, 3.63) is 29.6 Å². The summed E-state index contributed by atoms with van der Waals surface area (Å²) in [5.41, 5.74) is 1.29. The molecule has 1 aromatic rings. The lowest BCUT2D eigenvalue weighted by atomic mass is 9.88. The first-order chi connectivity index (χ1) is 9.96. The molecular formula is C14H21FN2O4S. The third kappa shape index (κ3) is 5.04. The van der Waals surface area contributed by atoms with Gasteiger partial charge in [0.15, 0.2) is 0 Å². The zero-order valence-electron chi connectivity index (χ0n) is 13.0. The van der Waals surface area contributed by atoms with Crippen LogP contribution in [-0.4, -0.2) is 25.6 Å². The van der Waals surface area contributed by atoms with Gasteiger partial charge in [-0.25, -0.2) is 18.3 Å². The predicted octanol–water partition coefficient (Wildman–Crippen LogP) is 1.72. The lowest BCUT2D eigenvalue weighted by Crippen LogP contribution is -2.47. The van der Waals surface area contributed by atoms with E-state index < -0.39 is 27.8 Å². The van der Waals surface area contributed by atoms with Gasteiger partial charge in [0, 0.05) is 0 Å². The van der Waals surface area contributed by atoms with Gasteiger partial charge < -0.3 is 0 Å². The van der Waals surface area contributed by atoms with Crippen LogP contribution in [0.1, 0.15) is 32.8 Å². The first-order valence-corrected chi connectivity index (χ1v) is 8.17. The molecule has 22 heavy (non-hydrogen) atoms. The summed E-state index contributed by atoms with van der Waals surface area (Å²) in [6.07, 6.45) is 0.179. The number of hydrogen-bond acceptors (Lipinski definition) is 4. The fourth-order valence-electron chi connectivity index (χ4n) is 1.92. The summed E-state index contributed by atoms with van der Waals surface area (Å²) in [4.78, 5) is 11.5. The van der Waals surface area contributed by atoms with Crippen LogP contribution in [-0.2, 0) is 14.8 Å². The summed E-state index contributed by atoms with van der Waals surface area (Å²) in [5, 5.41) is 8.77. The molecule has 0 fully saturated rings. The summed E-state index contributed by atoms with van der Waals surface area (Å²) >= 11 is 0. The lowest BCUT2D eigenvalue weighted by molar-refractivity contribution is -0.131. The van der Waals surface area contributed by atoms with Gasteiger partial charge in [0.1, 0.15) is 11.9 Å². The number of hydroxylamine groups is 1. The van der Waals surface area contributed by atoms with Crippen molar-refractivity contribution in [1.29, 1.82) is 0 Å². The molecule has 1 unspecified atom stereocenters. The summed E-state index contributed by atoms with van der Waals surface area (Å²) in [6.45, 7) is 6.95. The molecule has 0 saturated heterocycles. The molecule has 0 spiro atoms. The Morgan fingerprint density at radius 2 is 1.95 bits per heavy atom. The molecule has 0 aliphatic carbocycles. The van der Waals surface area contributed by atoms with Gasteiger partial charge in [-0.1, -0.05) is 20.8 Å². The molecule has 0 radical (unpaired) electrons. The zero-order valence-corrected chi connectivity index (χ0v) is 13.8. The predicted molar refractivity (Wildman–Crippen MR) is 79.2 cm³/mol. The van der Waals surface area contributed by atoms with Gasteiger partial charge in [-0.2, -0.15) is 4.72 Å². The molecular weight excluding hydrogens is 311 g/mol. The fourth-order valence-corrected chi connectivity index (χ4v) is 3.20. The van der Waals surface area contributed by atoms with Gasteiger partial charge in [0.2, 0.25) is 10.0 Å². The zero-order chi connectivity index (χ0) is 17.1. The minimum Gasteiger partial charge on any atom is -0.289 e. The van der Waals surface area contributed by atoms with Crippen LogP contribution in [0.25, 0.3) is 0 Å². The molecule has 124 valence electrons. The highest BCUT2D eigenvalue weighted by molar-refractivity contribution is 7.89. The quantitative estimate of drug-likeness (QED) is 0.565. The standard InChI is InChI=1S/C14H21FN2O4S/c1-9-7-10(5-6-11(9)15)22(20,21)17-12(13(18)16-19)8-14(2,3)4/h5-7,12,17,19H,8H2,1-4H3,(H,16,18). The van der Waals surface area contributed by atoms with Gasteiger partial charge in [-0.3, -0.25) is 10.0 Å². The van der Waals surface area contributed by atoms with Crippen molar-refractivity contribution in [2.75, 3.05) is 0 Å². The Morgan fingerprint density at radius 3 is 2.41 bits per heavy atom. The van der Waals surface area contributed by atoms with E-state index in [-0.39, 0.29) is 22.3 Å². The number of amides is 1. The van der Waals surface area contributed by atoms with Crippen LogP contribution in [0.15, 0.2) is 23.1 Å². The van der Waals surface area contributed by atoms with Crippen LogP contribution in [0.4, 0.5) is 4.39 Å². The Bertz CT molecular complexity index is 653. The van der Waals surface area contributed by atoms with Crippen LogP contribution >= 0.6 is 0 Å². The van der Waals surface area contributed by atoms with Crippen LogP contribution in [0, 0.1) is 18.2 Å². The Kier molecular flexibility index (Phi) is 5.66. The largest absolute Gasteiger partial charge is 0.289 e. The van der Waals surface area contributed by atoms with Gasteiger partial charge >= 0.3 is 0 Å². The average Bonchev–Trinajstić information content (AvgIpc) is 2.38. The number of carbonyl (C=O) groups excluding carboxylic acids is 1. The van der Waals surface area contributed by atoms with E-state index in [9.17, 15) is 17.6 Å². The highest BCUT2D eigenvalue weighted by Gasteiger charge is 2.29. The second-order valence-corrected chi connectivity index (χ2v) is 8.04. The number of halogens is 1. The topological polar surface area (TPSA) is 95.5 Å². The summed E-state index contributed by atoms with van der Waals surface area (Å²) < 4.78 is 40.1.